The van der Waals surface area contributed by atoms with Gasteiger partial charge in [-0.2, -0.15) is 5.10 Å². The van der Waals surface area contributed by atoms with Gasteiger partial charge < -0.3 is 10.2 Å². The highest BCUT2D eigenvalue weighted by Crippen LogP contribution is 2.17. The summed E-state index contributed by atoms with van der Waals surface area (Å²) < 4.78 is 0. The molecule has 1 aromatic rings. The first-order valence-corrected chi connectivity index (χ1v) is 6.22. The van der Waals surface area contributed by atoms with Crippen molar-refractivity contribution in [1.82, 2.24) is 20.4 Å². The number of aromatic amines is 1. The van der Waals surface area contributed by atoms with Crippen molar-refractivity contribution in [3.05, 3.63) is 17.5 Å². The molecule has 1 unspecified atom stereocenters. The smallest absolute Gasteiger partial charge is 0.274 e. The van der Waals surface area contributed by atoms with Gasteiger partial charge >= 0.3 is 0 Å². The van der Waals surface area contributed by atoms with Crippen LogP contribution in [0.3, 0.4) is 0 Å². The first-order chi connectivity index (χ1) is 8.24. The molecule has 1 saturated heterocycles. The second-order valence-corrected chi connectivity index (χ2v) is 4.60. The lowest BCUT2D eigenvalue weighted by Crippen LogP contribution is -2.30. The Labute approximate surface area is 102 Å². The molecule has 5 nitrogen and oxygen atoms in total. The van der Waals surface area contributed by atoms with Crippen LogP contribution in [-0.4, -0.2) is 47.7 Å². The Balaban J connectivity index is 1.96. The third-order valence-corrected chi connectivity index (χ3v) is 3.30. The van der Waals surface area contributed by atoms with E-state index in [-0.39, 0.29) is 5.91 Å². The first kappa shape index (κ1) is 12.1. The molecule has 0 spiro atoms. The summed E-state index contributed by atoms with van der Waals surface area (Å²) in [7, 11) is 1.95. The number of rotatable bonds is 4. The van der Waals surface area contributed by atoms with Crippen molar-refractivity contribution in [2.75, 3.05) is 26.7 Å². The molecule has 0 bridgehead atoms. The molecule has 5 heteroatoms. The van der Waals surface area contributed by atoms with Gasteiger partial charge in [-0.3, -0.25) is 9.89 Å². The fourth-order valence-corrected chi connectivity index (χ4v) is 2.29. The Morgan fingerprint density at radius 3 is 3.18 bits per heavy atom. The Hall–Kier alpha value is -1.36. The van der Waals surface area contributed by atoms with Crippen molar-refractivity contribution < 1.29 is 4.79 Å². The van der Waals surface area contributed by atoms with E-state index < -0.39 is 0 Å². The monoisotopic (exact) mass is 236 g/mol. The predicted molar refractivity (Wildman–Crippen MR) is 65.9 cm³/mol. The van der Waals surface area contributed by atoms with E-state index in [1.54, 1.807) is 0 Å². The zero-order valence-corrected chi connectivity index (χ0v) is 10.5. The predicted octanol–water partition coefficient (Wildman–Crippen LogP) is 0.654. The van der Waals surface area contributed by atoms with Crippen molar-refractivity contribution in [3.8, 4) is 0 Å². The van der Waals surface area contributed by atoms with Gasteiger partial charge in [0, 0.05) is 18.8 Å². The van der Waals surface area contributed by atoms with Crippen molar-refractivity contribution in [2.45, 2.75) is 19.8 Å². The minimum absolute atomic E-state index is 0.0551. The van der Waals surface area contributed by atoms with Crippen LogP contribution in [0.1, 0.15) is 29.5 Å². The van der Waals surface area contributed by atoms with Gasteiger partial charge in [-0.05, 0) is 38.4 Å². The fourth-order valence-electron chi connectivity index (χ4n) is 2.29. The van der Waals surface area contributed by atoms with Crippen LogP contribution < -0.4 is 5.32 Å². The number of H-pyrrole nitrogens is 1. The van der Waals surface area contributed by atoms with Gasteiger partial charge in [0.2, 0.25) is 0 Å². The number of aromatic nitrogens is 2. The summed E-state index contributed by atoms with van der Waals surface area (Å²) in [4.78, 5) is 14.0. The van der Waals surface area contributed by atoms with Crippen LogP contribution in [0.2, 0.25) is 0 Å². The Morgan fingerprint density at radius 1 is 1.71 bits per heavy atom. The summed E-state index contributed by atoms with van der Waals surface area (Å²) in [6, 6.07) is 1.85. The molecular formula is C12H20N4O. The number of nitrogens with zero attached hydrogens (tertiary/aromatic N) is 2. The molecule has 1 aliphatic heterocycles. The molecule has 0 saturated carbocycles. The zero-order chi connectivity index (χ0) is 12.3. The van der Waals surface area contributed by atoms with Crippen molar-refractivity contribution in [3.63, 3.8) is 0 Å². The van der Waals surface area contributed by atoms with Crippen LogP contribution in [0.4, 0.5) is 0 Å². The summed E-state index contributed by atoms with van der Waals surface area (Å²) >= 11 is 0. The van der Waals surface area contributed by atoms with Crippen LogP contribution in [0.25, 0.3) is 0 Å². The molecular weight excluding hydrogens is 216 g/mol. The number of amides is 1. The van der Waals surface area contributed by atoms with E-state index in [1.165, 1.54) is 0 Å². The number of hydrogen-bond donors (Lipinski definition) is 2. The minimum atomic E-state index is 0.0551. The fraction of sp³-hybridized carbons (Fsp3) is 0.667. The van der Waals surface area contributed by atoms with Crippen LogP contribution in [-0.2, 0) is 6.42 Å². The van der Waals surface area contributed by atoms with Crippen LogP contribution in [0.15, 0.2) is 6.07 Å². The average Bonchev–Trinajstić information content (AvgIpc) is 2.97. The van der Waals surface area contributed by atoms with Crippen LogP contribution >= 0.6 is 0 Å². The maximum atomic E-state index is 12.1. The molecule has 2 rings (SSSR count). The van der Waals surface area contributed by atoms with Crippen LogP contribution in [0, 0.1) is 5.92 Å². The highest BCUT2D eigenvalue weighted by atomic mass is 16.2. The van der Waals surface area contributed by atoms with Crippen molar-refractivity contribution in [2.24, 2.45) is 5.92 Å². The minimum Gasteiger partial charge on any atom is -0.337 e. The second-order valence-electron chi connectivity index (χ2n) is 4.60. The Kier molecular flexibility index (Phi) is 3.78. The SMILES string of the molecule is CCc1cc(C(=O)N2CCC(CNC)C2)n[nH]1. The molecule has 1 amide bonds. The van der Waals surface area contributed by atoms with E-state index in [1.807, 2.05) is 24.9 Å². The maximum Gasteiger partial charge on any atom is 0.274 e. The number of hydrogen-bond acceptors (Lipinski definition) is 3. The van der Waals surface area contributed by atoms with Crippen molar-refractivity contribution in [1.29, 1.82) is 0 Å². The van der Waals surface area contributed by atoms with E-state index >= 15 is 0 Å². The molecule has 1 aliphatic rings. The molecule has 0 radical (unpaired) electrons. The summed E-state index contributed by atoms with van der Waals surface area (Å²) in [6.07, 6.45) is 1.96. The number of aryl methyl sites for hydroxylation is 1. The third kappa shape index (κ3) is 2.66. The topological polar surface area (TPSA) is 61.0 Å². The maximum absolute atomic E-state index is 12.1. The Morgan fingerprint density at radius 2 is 2.53 bits per heavy atom. The summed E-state index contributed by atoms with van der Waals surface area (Å²) in [5, 5.41) is 10.1. The highest BCUT2D eigenvalue weighted by molar-refractivity contribution is 5.92. The average molecular weight is 236 g/mol. The first-order valence-electron chi connectivity index (χ1n) is 6.22. The molecule has 0 aromatic carbocycles. The van der Waals surface area contributed by atoms with Gasteiger partial charge in [0.1, 0.15) is 5.69 Å². The van der Waals surface area contributed by atoms with Gasteiger partial charge in [-0.15, -0.1) is 0 Å². The number of likely N-dealkylation sites (tertiary alicyclic amines) is 1. The summed E-state index contributed by atoms with van der Waals surface area (Å²) in [5.74, 6) is 0.632. The number of carbonyl (C=O) groups excluding carboxylic acids is 1. The van der Waals surface area contributed by atoms with Crippen molar-refractivity contribution >= 4 is 5.91 Å². The Bertz CT molecular complexity index is 388. The molecule has 1 aromatic heterocycles. The standard InChI is InChI=1S/C12H20N4O/c1-3-10-6-11(15-14-10)12(17)16-5-4-9(8-16)7-13-2/h6,9,13H,3-5,7-8H2,1-2H3,(H,14,15). The zero-order valence-electron chi connectivity index (χ0n) is 10.5. The van der Waals surface area contributed by atoms with E-state index in [9.17, 15) is 4.79 Å². The normalized spacial score (nSPS) is 19.9. The number of nitrogens with one attached hydrogen (secondary N) is 2. The molecule has 1 atom stereocenters. The van der Waals surface area contributed by atoms with Gasteiger partial charge in [0.15, 0.2) is 0 Å². The second kappa shape index (κ2) is 5.31. The molecule has 94 valence electrons. The molecule has 1 fully saturated rings. The number of carbonyl (C=O) groups is 1. The van der Waals surface area contributed by atoms with E-state index in [0.29, 0.717) is 11.6 Å². The summed E-state index contributed by atoms with van der Waals surface area (Å²) in [5.41, 5.74) is 1.56. The van der Waals surface area contributed by atoms with E-state index in [4.69, 9.17) is 0 Å². The van der Waals surface area contributed by atoms with E-state index in [0.717, 1.165) is 38.2 Å². The lowest BCUT2D eigenvalue weighted by Gasteiger charge is -2.14. The molecule has 2 heterocycles. The van der Waals surface area contributed by atoms with Gasteiger partial charge in [0.05, 0.1) is 0 Å². The molecule has 17 heavy (non-hydrogen) atoms. The van der Waals surface area contributed by atoms with Gasteiger partial charge in [-0.25, -0.2) is 0 Å². The largest absolute Gasteiger partial charge is 0.337 e. The van der Waals surface area contributed by atoms with E-state index in [2.05, 4.69) is 15.5 Å². The third-order valence-electron chi connectivity index (χ3n) is 3.30. The lowest BCUT2D eigenvalue weighted by atomic mass is 10.1. The summed E-state index contributed by atoms with van der Waals surface area (Å²) in [6.45, 7) is 4.71. The van der Waals surface area contributed by atoms with Gasteiger partial charge in [0.25, 0.3) is 5.91 Å². The lowest BCUT2D eigenvalue weighted by molar-refractivity contribution is 0.0781. The van der Waals surface area contributed by atoms with Crippen LogP contribution in [0.5, 0.6) is 0 Å². The van der Waals surface area contributed by atoms with Gasteiger partial charge in [-0.1, -0.05) is 6.92 Å². The highest BCUT2D eigenvalue weighted by Gasteiger charge is 2.27. The molecule has 0 aliphatic carbocycles. The molecule has 2 N–H and O–H groups in total. The quantitative estimate of drug-likeness (QED) is 0.807.